The van der Waals surface area contributed by atoms with Gasteiger partial charge in [-0.15, -0.1) is 0 Å². The molecular weight excluding hydrogens is 272 g/mol. The van der Waals surface area contributed by atoms with E-state index >= 15 is 0 Å². The van der Waals surface area contributed by atoms with Crippen molar-refractivity contribution in [3.63, 3.8) is 0 Å². The van der Waals surface area contributed by atoms with Gasteiger partial charge >= 0.3 is 0 Å². The zero-order valence-electron chi connectivity index (χ0n) is 13.1. The van der Waals surface area contributed by atoms with Crippen LogP contribution in [0.15, 0.2) is 17.0 Å². The Hall–Kier alpha value is -1.07. The Morgan fingerprint density at radius 1 is 1.10 bits per heavy atom. The largest absolute Gasteiger partial charge is 0.398 e. The molecule has 0 radical (unpaired) electrons. The molecule has 1 aromatic carbocycles. The molecule has 0 aliphatic heterocycles. The van der Waals surface area contributed by atoms with Gasteiger partial charge in [-0.2, -0.15) is 0 Å². The van der Waals surface area contributed by atoms with Crippen LogP contribution in [0.2, 0.25) is 0 Å². The van der Waals surface area contributed by atoms with Gasteiger partial charge in [0.15, 0.2) is 0 Å². The Morgan fingerprint density at radius 3 is 2.05 bits per heavy atom. The highest BCUT2D eigenvalue weighted by Gasteiger charge is 2.32. The summed E-state index contributed by atoms with van der Waals surface area (Å²) in [6, 6.07) is 3.50. The Bertz CT molecular complexity index is 568. The molecule has 5 heteroatoms. The van der Waals surface area contributed by atoms with Crippen molar-refractivity contribution in [3.05, 3.63) is 23.3 Å². The van der Waals surface area contributed by atoms with E-state index in [1.165, 1.54) is 0 Å². The molecule has 0 atom stereocenters. The standard InChI is InChI=1S/C15H26N2O2S/c1-6-15(7-2,8-3)17-20(18,19)14-11(4)9-10-13(16)12(14)5/h9-10,17H,6-8,16H2,1-5H3. The molecule has 20 heavy (non-hydrogen) atoms. The molecular formula is C15H26N2O2S. The quantitative estimate of drug-likeness (QED) is 0.792. The molecule has 0 aliphatic rings. The molecule has 4 nitrogen and oxygen atoms in total. The monoisotopic (exact) mass is 298 g/mol. The Balaban J connectivity index is 3.35. The summed E-state index contributed by atoms with van der Waals surface area (Å²) in [5.74, 6) is 0. The third-order valence-electron chi connectivity index (χ3n) is 4.29. The number of hydrogen-bond donors (Lipinski definition) is 2. The number of hydrogen-bond acceptors (Lipinski definition) is 3. The van der Waals surface area contributed by atoms with E-state index in [1.807, 2.05) is 20.8 Å². The first-order valence-corrected chi connectivity index (χ1v) is 8.61. The number of nitrogen functional groups attached to an aromatic ring is 1. The van der Waals surface area contributed by atoms with Crippen molar-refractivity contribution >= 4 is 15.7 Å². The average Bonchev–Trinajstić information content (AvgIpc) is 2.40. The molecule has 0 heterocycles. The van der Waals surface area contributed by atoms with Crippen LogP contribution in [0, 0.1) is 13.8 Å². The highest BCUT2D eigenvalue weighted by Crippen LogP contribution is 2.28. The second-order valence-electron chi connectivity index (χ2n) is 5.37. The summed E-state index contributed by atoms with van der Waals surface area (Å²) in [6.07, 6.45) is 2.29. The SMILES string of the molecule is CCC(CC)(CC)NS(=O)(=O)c1c(C)ccc(N)c1C. The topological polar surface area (TPSA) is 72.2 Å². The molecule has 0 aromatic heterocycles. The van der Waals surface area contributed by atoms with Gasteiger partial charge < -0.3 is 5.73 Å². The van der Waals surface area contributed by atoms with Crippen LogP contribution < -0.4 is 10.5 Å². The van der Waals surface area contributed by atoms with Crippen LogP contribution >= 0.6 is 0 Å². The second kappa shape index (κ2) is 6.14. The lowest BCUT2D eigenvalue weighted by atomic mass is 9.91. The molecule has 0 fully saturated rings. The van der Waals surface area contributed by atoms with Crippen LogP contribution in [0.25, 0.3) is 0 Å². The fraction of sp³-hybridized carbons (Fsp3) is 0.600. The van der Waals surface area contributed by atoms with Crippen LogP contribution in [0.5, 0.6) is 0 Å². The average molecular weight is 298 g/mol. The van der Waals surface area contributed by atoms with E-state index in [0.29, 0.717) is 16.1 Å². The van der Waals surface area contributed by atoms with Crippen LogP contribution in [0.3, 0.4) is 0 Å². The van der Waals surface area contributed by atoms with E-state index in [4.69, 9.17) is 5.73 Å². The third kappa shape index (κ3) is 3.15. The van der Waals surface area contributed by atoms with Crippen LogP contribution in [-0.2, 0) is 10.0 Å². The molecule has 0 aliphatic carbocycles. The van der Waals surface area contributed by atoms with Gasteiger partial charge in [0.25, 0.3) is 0 Å². The molecule has 0 saturated carbocycles. The number of anilines is 1. The fourth-order valence-corrected chi connectivity index (χ4v) is 4.68. The van der Waals surface area contributed by atoms with Gasteiger partial charge in [0.1, 0.15) is 0 Å². The first-order chi connectivity index (χ1) is 9.23. The van der Waals surface area contributed by atoms with Crippen LogP contribution in [0.4, 0.5) is 5.69 Å². The van der Waals surface area contributed by atoms with Crippen LogP contribution in [0.1, 0.15) is 51.2 Å². The minimum atomic E-state index is -3.57. The lowest BCUT2D eigenvalue weighted by Gasteiger charge is -2.32. The van der Waals surface area contributed by atoms with E-state index in [2.05, 4.69) is 4.72 Å². The second-order valence-corrected chi connectivity index (χ2v) is 6.99. The summed E-state index contributed by atoms with van der Waals surface area (Å²) in [7, 11) is -3.57. The van der Waals surface area contributed by atoms with E-state index in [-0.39, 0.29) is 5.54 Å². The van der Waals surface area contributed by atoms with E-state index < -0.39 is 10.0 Å². The first-order valence-electron chi connectivity index (χ1n) is 7.12. The number of aryl methyl sites for hydroxylation is 1. The van der Waals surface area contributed by atoms with Gasteiger partial charge in [0.2, 0.25) is 10.0 Å². The number of rotatable bonds is 6. The van der Waals surface area contributed by atoms with Crippen molar-refractivity contribution in [1.29, 1.82) is 0 Å². The van der Waals surface area contributed by atoms with E-state index in [0.717, 1.165) is 24.8 Å². The van der Waals surface area contributed by atoms with Gasteiger partial charge in [-0.05, 0) is 50.3 Å². The summed E-state index contributed by atoms with van der Waals surface area (Å²) in [5, 5.41) is 0. The molecule has 0 bridgehead atoms. The highest BCUT2D eigenvalue weighted by atomic mass is 32.2. The molecule has 1 rings (SSSR count). The molecule has 114 valence electrons. The predicted molar refractivity (Wildman–Crippen MR) is 84.3 cm³/mol. The Morgan fingerprint density at radius 2 is 1.60 bits per heavy atom. The number of sulfonamides is 1. The Labute approximate surface area is 122 Å². The zero-order valence-corrected chi connectivity index (χ0v) is 13.9. The summed E-state index contributed by atoms with van der Waals surface area (Å²) in [6.45, 7) is 9.58. The number of nitrogens with two attached hydrogens (primary N) is 1. The molecule has 0 amide bonds. The van der Waals surface area contributed by atoms with Crippen molar-refractivity contribution in [2.75, 3.05) is 5.73 Å². The van der Waals surface area contributed by atoms with E-state index in [1.54, 1.807) is 26.0 Å². The van der Waals surface area contributed by atoms with Crippen molar-refractivity contribution in [2.45, 2.75) is 64.3 Å². The predicted octanol–water partition coefficient (Wildman–Crippen LogP) is 3.13. The number of nitrogens with one attached hydrogen (secondary N) is 1. The fourth-order valence-electron chi connectivity index (χ4n) is 2.56. The summed E-state index contributed by atoms with van der Waals surface area (Å²) in [5.41, 5.74) is 7.32. The number of benzene rings is 1. The minimum Gasteiger partial charge on any atom is -0.398 e. The lowest BCUT2D eigenvalue weighted by molar-refractivity contribution is 0.341. The van der Waals surface area contributed by atoms with Crippen molar-refractivity contribution in [2.24, 2.45) is 0 Å². The first kappa shape index (κ1) is 17.0. The summed E-state index contributed by atoms with van der Waals surface area (Å²) >= 11 is 0. The lowest BCUT2D eigenvalue weighted by Crippen LogP contribution is -2.47. The smallest absolute Gasteiger partial charge is 0.241 e. The maximum absolute atomic E-state index is 12.8. The van der Waals surface area contributed by atoms with Gasteiger partial charge in [0.05, 0.1) is 4.90 Å². The molecule has 0 spiro atoms. The van der Waals surface area contributed by atoms with Gasteiger partial charge in [-0.25, -0.2) is 13.1 Å². The maximum atomic E-state index is 12.8. The van der Waals surface area contributed by atoms with Gasteiger partial charge in [0, 0.05) is 11.2 Å². The van der Waals surface area contributed by atoms with Gasteiger partial charge in [-0.3, -0.25) is 0 Å². The molecule has 3 N–H and O–H groups in total. The van der Waals surface area contributed by atoms with Gasteiger partial charge in [-0.1, -0.05) is 26.8 Å². The van der Waals surface area contributed by atoms with Crippen molar-refractivity contribution < 1.29 is 8.42 Å². The molecule has 0 unspecified atom stereocenters. The maximum Gasteiger partial charge on any atom is 0.241 e. The third-order valence-corrected chi connectivity index (χ3v) is 6.16. The van der Waals surface area contributed by atoms with Crippen molar-refractivity contribution in [3.8, 4) is 0 Å². The van der Waals surface area contributed by atoms with Crippen molar-refractivity contribution in [1.82, 2.24) is 4.72 Å². The minimum absolute atomic E-state index is 0.317. The summed E-state index contributed by atoms with van der Waals surface area (Å²) in [4.78, 5) is 0.317. The highest BCUT2D eigenvalue weighted by molar-refractivity contribution is 7.89. The van der Waals surface area contributed by atoms with Crippen LogP contribution in [-0.4, -0.2) is 14.0 Å². The molecule has 1 aromatic rings. The normalized spacial score (nSPS) is 12.7. The summed E-state index contributed by atoms with van der Waals surface area (Å²) < 4.78 is 28.4. The van der Waals surface area contributed by atoms with E-state index in [9.17, 15) is 8.42 Å². The zero-order chi connectivity index (χ0) is 15.6. The molecule has 0 saturated heterocycles. The Kier molecular flexibility index (Phi) is 5.21.